The summed E-state index contributed by atoms with van der Waals surface area (Å²) in [5.74, 6) is 0.836. The molecular formula is C17H23NO4. The van der Waals surface area contributed by atoms with Gasteiger partial charge < -0.3 is 19.1 Å². The maximum absolute atomic E-state index is 12.4. The number of amides is 1. The Hall–Kier alpha value is -1.59. The van der Waals surface area contributed by atoms with E-state index in [1.165, 1.54) is 0 Å². The van der Waals surface area contributed by atoms with Crippen molar-refractivity contribution in [2.45, 2.75) is 32.0 Å². The summed E-state index contributed by atoms with van der Waals surface area (Å²) >= 11 is 0. The van der Waals surface area contributed by atoms with Crippen molar-refractivity contribution in [3.05, 3.63) is 29.8 Å². The second-order valence-corrected chi connectivity index (χ2v) is 5.90. The lowest BCUT2D eigenvalue weighted by atomic mass is 10.1. The number of hydrogen-bond donors (Lipinski definition) is 0. The summed E-state index contributed by atoms with van der Waals surface area (Å²) in [7, 11) is 0. The van der Waals surface area contributed by atoms with Gasteiger partial charge in [-0.15, -0.1) is 0 Å². The van der Waals surface area contributed by atoms with Crippen LogP contribution >= 0.6 is 0 Å². The van der Waals surface area contributed by atoms with E-state index >= 15 is 0 Å². The fourth-order valence-corrected chi connectivity index (χ4v) is 2.84. The highest BCUT2D eigenvalue weighted by molar-refractivity contribution is 5.94. The fourth-order valence-electron chi connectivity index (χ4n) is 2.84. The number of rotatable bonds is 4. The van der Waals surface area contributed by atoms with Gasteiger partial charge in [-0.1, -0.05) is 0 Å². The molecule has 0 radical (unpaired) electrons. The Labute approximate surface area is 131 Å². The molecule has 0 spiro atoms. The minimum Gasteiger partial charge on any atom is -0.491 e. The second kappa shape index (κ2) is 7.11. The first-order chi connectivity index (χ1) is 10.7. The molecule has 2 heterocycles. The molecule has 2 aliphatic heterocycles. The number of carbonyl (C=O) groups is 1. The Balaban J connectivity index is 1.54. The van der Waals surface area contributed by atoms with E-state index in [2.05, 4.69) is 0 Å². The molecule has 0 aliphatic carbocycles. The minimum absolute atomic E-state index is 0.0563. The molecule has 1 aromatic carbocycles. The summed E-state index contributed by atoms with van der Waals surface area (Å²) in [6.07, 6.45) is 2.48. The van der Waals surface area contributed by atoms with Crippen LogP contribution in [0.5, 0.6) is 5.75 Å². The van der Waals surface area contributed by atoms with Crippen LogP contribution in [0.4, 0.5) is 0 Å². The van der Waals surface area contributed by atoms with E-state index in [-0.39, 0.29) is 18.1 Å². The number of ether oxygens (including phenoxy) is 3. The maximum Gasteiger partial charge on any atom is 0.254 e. The third kappa shape index (κ3) is 3.78. The van der Waals surface area contributed by atoms with E-state index in [0.717, 1.165) is 25.2 Å². The van der Waals surface area contributed by atoms with Gasteiger partial charge in [0.05, 0.1) is 18.8 Å². The van der Waals surface area contributed by atoms with E-state index in [1.54, 1.807) is 0 Å². The molecule has 120 valence electrons. The molecule has 2 aliphatic rings. The lowest BCUT2D eigenvalue weighted by Gasteiger charge is -2.31. The average molecular weight is 305 g/mol. The van der Waals surface area contributed by atoms with Crippen molar-refractivity contribution >= 4 is 5.91 Å². The van der Waals surface area contributed by atoms with Crippen LogP contribution in [-0.2, 0) is 9.47 Å². The van der Waals surface area contributed by atoms with Gasteiger partial charge in [-0.25, -0.2) is 0 Å². The van der Waals surface area contributed by atoms with E-state index in [0.29, 0.717) is 31.9 Å². The summed E-state index contributed by atoms with van der Waals surface area (Å²) in [4.78, 5) is 14.3. The lowest BCUT2D eigenvalue weighted by Crippen LogP contribution is -2.44. The fraction of sp³-hybridized carbons (Fsp3) is 0.588. The van der Waals surface area contributed by atoms with Crippen LogP contribution in [0.25, 0.3) is 0 Å². The summed E-state index contributed by atoms with van der Waals surface area (Å²) in [5, 5.41) is 0. The quantitative estimate of drug-likeness (QED) is 0.855. The predicted octanol–water partition coefficient (Wildman–Crippen LogP) is 2.11. The molecule has 2 atom stereocenters. The Morgan fingerprint density at radius 3 is 2.77 bits per heavy atom. The summed E-state index contributed by atoms with van der Waals surface area (Å²) in [6, 6.07) is 7.36. The Kier molecular flexibility index (Phi) is 4.95. The molecule has 1 aromatic rings. The van der Waals surface area contributed by atoms with Gasteiger partial charge in [0.15, 0.2) is 0 Å². The van der Waals surface area contributed by atoms with Crippen LogP contribution in [0, 0.1) is 0 Å². The van der Waals surface area contributed by atoms with Crippen molar-refractivity contribution in [2.24, 2.45) is 0 Å². The lowest BCUT2D eigenvalue weighted by molar-refractivity contribution is -0.0124. The zero-order valence-corrected chi connectivity index (χ0v) is 13.0. The van der Waals surface area contributed by atoms with Gasteiger partial charge in [-0.3, -0.25) is 4.79 Å². The van der Waals surface area contributed by atoms with Gasteiger partial charge in [-0.05, 0) is 44.0 Å². The molecule has 2 unspecified atom stereocenters. The molecule has 0 bridgehead atoms. The molecule has 0 aromatic heterocycles. The molecule has 3 rings (SSSR count). The van der Waals surface area contributed by atoms with Gasteiger partial charge in [0.1, 0.15) is 12.4 Å². The topological polar surface area (TPSA) is 48.0 Å². The number of carbonyl (C=O) groups excluding carboxylic acids is 1. The summed E-state index contributed by atoms with van der Waals surface area (Å²) in [6.45, 7) is 5.31. The first-order valence-electron chi connectivity index (χ1n) is 7.98. The summed E-state index contributed by atoms with van der Waals surface area (Å²) in [5.41, 5.74) is 0.693. The maximum atomic E-state index is 12.4. The van der Waals surface area contributed by atoms with Crippen LogP contribution in [0.3, 0.4) is 0 Å². The van der Waals surface area contributed by atoms with Gasteiger partial charge in [0, 0.05) is 25.3 Å². The number of morpholine rings is 1. The van der Waals surface area contributed by atoms with Crippen LogP contribution in [-0.4, -0.2) is 55.9 Å². The van der Waals surface area contributed by atoms with Crippen molar-refractivity contribution in [2.75, 3.05) is 32.9 Å². The molecule has 5 heteroatoms. The second-order valence-electron chi connectivity index (χ2n) is 5.90. The van der Waals surface area contributed by atoms with Crippen LogP contribution < -0.4 is 4.74 Å². The zero-order valence-electron chi connectivity index (χ0n) is 13.0. The Morgan fingerprint density at radius 2 is 2.09 bits per heavy atom. The van der Waals surface area contributed by atoms with Gasteiger partial charge in [0.25, 0.3) is 5.91 Å². The number of hydrogen-bond acceptors (Lipinski definition) is 4. The highest BCUT2D eigenvalue weighted by Crippen LogP contribution is 2.18. The smallest absolute Gasteiger partial charge is 0.254 e. The standard InChI is InChI=1S/C17H23NO4/c1-13-11-18(8-10-20-13)17(19)14-4-6-15(7-5-14)22-12-16-3-2-9-21-16/h4-7,13,16H,2-3,8-12H2,1H3. The molecule has 2 saturated heterocycles. The van der Waals surface area contributed by atoms with Gasteiger partial charge in [-0.2, -0.15) is 0 Å². The zero-order chi connectivity index (χ0) is 15.4. The number of nitrogens with zero attached hydrogens (tertiary/aromatic N) is 1. The highest BCUT2D eigenvalue weighted by Gasteiger charge is 2.22. The SMILES string of the molecule is CC1CN(C(=O)c2ccc(OCC3CCCO3)cc2)CCO1. The van der Waals surface area contributed by atoms with Crippen molar-refractivity contribution in [3.63, 3.8) is 0 Å². The van der Waals surface area contributed by atoms with Gasteiger partial charge >= 0.3 is 0 Å². The first kappa shape index (κ1) is 15.3. The van der Waals surface area contributed by atoms with Crippen LogP contribution in [0.2, 0.25) is 0 Å². The first-order valence-corrected chi connectivity index (χ1v) is 7.98. The summed E-state index contributed by atoms with van der Waals surface area (Å²) < 4.78 is 16.7. The largest absolute Gasteiger partial charge is 0.491 e. The highest BCUT2D eigenvalue weighted by atomic mass is 16.5. The molecule has 22 heavy (non-hydrogen) atoms. The van der Waals surface area contributed by atoms with E-state index in [1.807, 2.05) is 36.1 Å². The van der Waals surface area contributed by atoms with E-state index < -0.39 is 0 Å². The third-order valence-electron chi connectivity index (χ3n) is 4.09. The van der Waals surface area contributed by atoms with Crippen molar-refractivity contribution in [3.8, 4) is 5.75 Å². The molecule has 2 fully saturated rings. The van der Waals surface area contributed by atoms with E-state index in [9.17, 15) is 4.79 Å². The molecular weight excluding hydrogens is 282 g/mol. The van der Waals surface area contributed by atoms with E-state index in [4.69, 9.17) is 14.2 Å². The number of benzene rings is 1. The predicted molar refractivity (Wildman–Crippen MR) is 82.2 cm³/mol. The normalized spacial score (nSPS) is 25.2. The van der Waals surface area contributed by atoms with Crippen LogP contribution in [0.1, 0.15) is 30.1 Å². The van der Waals surface area contributed by atoms with Crippen molar-refractivity contribution in [1.29, 1.82) is 0 Å². The molecule has 0 N–H and O–H groups in total. The Bertz CT molecular complexity index is 496. The monoisotopic (exact) mass is 305 g/mol. The van der Waals surface area contributed by atoms with Gasteiger partial charge in [0.2, 0.25) is 0 Å². The molecule has 1 amide bonds. The average Bonchev–Trinajstić information content (AvgIpc) is 3.06. The van der Waals surface area contributed by atoms with Crippen LogP contribution in [0.15, 0.2) is 24.3 Å². The molecule has 5 nitrogen and oxygen atoms in total. The molecule has 0 saturated carbocycles. The Morgan fingerprint density at radius 1 is 1.27 bits per heavy atom. The minimum atomic E-state index is 0.0563. The third-order valence-corrected chi connectivity index (χ3v) is 4.09. The van der Waals surface area contributed by atoms with Crippen molar-refractivity contribution in [1.82, 2.24) is 4.90 Å². The van der Waals surface area contributed by atoms with Crippen molar-refractivity contribution < 1.29 is 19.0 Å².